The van der Waals surface area contributed by atoms with E-state index < -0.39 is 0 Å². The zero-order valence-corrected chi connectivity index (χ0v) is 11.7. The summed E-state index contributed by atoms with van der Waals surface area (Å²) in [5.74, 6) is 0. The van der Waals surface area contributed by atoms with Gasteiger partial charge in [-0.15, -0.1) is 0 Å². The molecule has 0 bridgehead atoms. The Morgan fingerprint density at radius 3 is 2.47 bits per heavy atom. The molecule has 0 radical (unpaired) electrons. The molecule has 0 saturated heterocycles. The average Bonchev–Trinajstić information content (AvgIpc) is 2.59. The molecule has 1 unspecified atom stereocenters. The summed E-state index contributed by atoms with van der Waals surface area (Å²) in [4.78, 5) is 0. The highest BCUT2D eigenvalue weighted by molar-refractivity contribution is 6.30. The minimum absolute atomic E-state index is 0.398. The molecule has 1 N–H and O–H groups in total. The van der Waals surface area contributed by atoms with Gasteiger partial charge in [0.1, 0.15) is 0 Å². The molecule has 1 aromatic carbocycles. The predicted molar refractivity (Wildman–Crippen MR) is 74.4 cm³/mol. The topological polar surface area (TPSA) is 12.0 Å². The second-order valence-corrected chi connectivity index (χ2v) is 6.31. The van der Waals surface area contributed by atoms with Gasteiger partial charge in [-0.3, -0.25) is 0 Å². The molecule has 0 aromatic heterocycles. The smallest absolute Gasteiger partial charge is 0.0406 e. The zero-order chi connectivity index (χ0) is 12.5. The largest absolute Gasteiger partial charge is 0.307 e. The van der Waals surface area contributed by atoms with Crippen LogP contribution in [0, 0.1) is 5.41 Å². The van der Waals surface area contributed by atoms with E-state index in [0.717, 1.165) is 5.02 Å². The van der Waals surface area contributed by atoms with Crippen molar-refractivity contribution < 1.29 is 0 Å². The molecule has 1 fully saturated rings. The van der Waals surface area contributed by atoms with Gasteiger partial charge < -0.3 is 5.32 Å². The lowest BCUT2D eigenvalue weighted by molar-refractivity contribution is 0.266. The normalized spacial score (nSPS) is 24.8. The SMILES string of the molecule is C[C@H](NC1CCCC1(C)C)c1ccc(Cl)cc1. The Morgan fingerprint density at radius 2 is 1.94 bits per heavy atom. The molecule has 1 aliphatic rings. The van der Waals surface area contributed by atoms with Crippen molar-refractivity contribution in [3.05, 3.63) is 34.9 Å². The summed E-state index contributed by atoms with van der Waals surface area (Å²) < 4.78 is 0. The van der Waals surface area contributed by atoms with Crippen molar-refractivity contribution in [2.24, 2.45) is 5.41 Å². The number of halogens is 1. The summed E-state index contributed by atoms with van der Waals surface area (Å²) >= 11 is 5.91. The highest BCUT2D eigenvalue weighted by Gasteiger charge is 2.34. The summed E-state index contributed by atoms with van der Waals surface area (Å²) in [6.07, 6.45) is 3.97. The first-order valence-corrected chi connectivity index (χ1v) is 6.88. The van der Waals surface area contributed by atoms with E-state index >= 15 is 0 Å². The van der Waals surface area contributed by atoms with Gasteiger partial charge in [-0.25, -0.2) is 0 Å². The monoisotopic (exact) mass is 251 g/mol. The molecule has 1 aliphatic carbocycles. The Balaban J connectivity index is 2.01. The van der Waals surface area contributed by atoms with Crippen molar-refractivity contribution in [2.45, 2.75) is 52.1 Å². The Bertz CT molecular complexity index is 369. The third kappa shape index (κ3) is 3.02. The van der Waals surface area contributed by atoms with E-state index in [0.29, 0.717) is 17.5 Å². The lowest BCUT2D eigenvalue weighted by Crippen LogP contribution is -2.39. The first kappa shape index (κ1) is 12.9. The third-order valence-electron chi connectivity index (χ3n) is 4.08. The fourth-order valence-corrected chi connectivity index (χ4v) is 2.91. The Kier molecular flexibility index (Phi) is 3.79. The van der Waals surface area contributed by atoms with E-state index in [1.165, 1.54) is 24.8 Å². The van der Waals surface area contributed by atoms with E-state index in [2.05, 4.69) is 38.2 Å². The standard InChI is InChI=1S/C15H22ClN/c1-11(12-6-8-13(16)9-7-12)17-14-5-4-10-15(14,2)3/h6-9,11,14,17H,4-5,10H2,1-3H3/t11-,14?/m0/s1. The van der Waals surface area contributed by atoms with Crippen LogP contribution < -0.4 is 5.32 Å². The molecule has 0 spiro atoms. The lowest BCUT2D eigenvalue weighted by atomic mass is 9.86. The van der Waals surface area contributed by atoms with E-state index in [4.69, 9.17) is 11.6 Å². The van der Waals surface area contributed by atoms with Crippen LogP contribution in [0.5, 0.6) is 0 Å². The molecule has 2 heteroatoms. The fourth-order valence-electron chi connectivity index (χ4n) is 2.79. The van der Waals surface area contributed by atoms with Crippen molar-refractivity contribution in [1.29, 1.82) is 0 Å². The van der Waals surface area contributed by atoms with Crippen molar-refractivity contribution in [3.63, 3.8) is 0 Å². The quantitative estimate of drug-likeness (QED) is 0.830. The van der Waals surface area contributed by atoms with Gasteiger partial charge in [0.25, 0.3) is 0 Å². The highest BCUT2D eigenvalue weighted by Crippen LogP contribution is 2.38. The number of nitrogens with one attached hydrogen (secondary N) is 1. The van der Waals surface area contributed by atoms with Crippen LogP contribution in [0.4, 0.5) is 0 Å². The van der Waals surface area contributed by atoms with E-state index in [-0.39, 0.29) is 0 Å². The van der Waals surface area contributed by atoms with Crippen LogP contribution in [0.15, 0.2) is 24.3 Å². The third-order valence-corrected chi connectivity index (χ3v) is 4.33. The molecule has 1 aromatic rings. The summed E-state index contributed by atoms with van der Waals surface area (Å²) in [7, 11) is 0. The maximum absolute atomic E-state index is 5.91. The van der Waals surface area contributed by atoms with Gasteiger partial charge >= 0.3 is 0 Å². The van der Waals surface area contributed by atoms with Crippen LogP contribution >= 0.6 is 11.6 Å². The van der Waals surface area contributed by atoms with Crippen LogP contribution in [-0.4, -0.2) is 6.04 Å². The molecule has 0 heterocycles. The van der Waals surface area contributed by atoms with Gasteiger partial charge in [0.05, 0.1) is 0 Å². The number of benzene rings is 1. The molecular weight excluding hydrogens is 230 g/mol. The van der Waals surface area contributed by atoms with Gasteiger partial charge in [-0.2, -0.15) is 0 Å². The van der Waals surface area contributed by atoms with Gasteiger partial charge in [0.2, 0.25) is 0 Å². The van der Waals surface area contributed by atoms with Gasteiger partial charge in [0.15, 0.2) is 0 Å². The second kappa shape index (κ2) is 4.99. The zero-order valence-electron chi connectivity index (χ0n) is 11.0. The van der Waals surface area contributed by atoms with Crippen molar-refractivity contribution in [1.82, 2.24) is 5.32 Å². The summed E-state index contributed by atoms with van der Waals surface area (Å²) in [5.41, 5.74) is 1.75. The average molecular weight is 252 g/mol. The molecular formula is C15H22ClN. The van der Waals surface area contributed by atoms with Crippen LogP contribution in [0.1, 0.15) is 51.6 Å². The first-order chi connectivity index (χ1) is 7.99. The summed E-state index contributed by atoms with van der Waals surface area (Å²) in [6.45, 7) is 6.97. The van der Waals surface area contributed by atoms with Gasteiger partial charge in [-0.1, -0.05) is 44.0 Å². The van der Waals surface area contributed by atoms with Crippen molar-refractivity contribution in [2.75, 3.05) is 0 Å². The first-order valence-electron chi connectivity index (χ1n) is 6.50. The van der Waals surface area contributed by atoms with Crippen LogP contribution in [-0.2, 0) is 0 Å². The Labute approximate surface area is 110 Å². The number of rotatable bonds is 3. The number of hydrogen-bond acceptors (Lipinski definition) is 1. The predicted octanol–water partition coefficient (Wildman–Crippen LogP) is 4.57. The highest BCUT2D eigenvalue weighted by atomic mass is 35.5. The fraction of sp³-hybridized carbons (Fsp3) is 0.600. The molecule has 17 heavy (non-hydrogen) atoms. The van der Waals surface area contributed by atoms with Crippen LogP contribution in [0.25, 0.3) is 0 Å². The van der Waals surface area contributed by atoms with Crippen molar-refractivity contribution in [3.8, 4) is 0 Å². The molecule has 2 rings (SSSR count). The second-order valence-electron chi connectivity index (χ2n) is 5.87. The minimum atomic E-state index is 0.398. The van der Waals surface area contributed by atoms with E-state index in [9.17, 15) is 0 Å². The maximum atomic E-state index is 5.91. The van der Waals surface area contributed by atoms with Gasteiger partial charge in [-0.05, 0) is 42.9 Å². The maximum Gasteiger partial charge on any atom is 0.0406 e. The molecule has 94 valence electrons. The van der Waals surface area contributed by atoms with Gasteiger partial charge in [0, 0.05) is 17.1 Å². The summed E-state index contributed by atoms with van der Waals surface area (Å²) in [5, 5.41) is 4.57. The molecule has 0 aliphatic heterocycles. The molecule has 1 saturated carbocycles. The molecule has 1 nitrogen and oxygen atoms in total. The number of hydrogen-bond donors (Lipinski definition) is 1. The Morgan fingerprint density at radius 1 is 1.29 bits per heavy atom. The minimum Gasteiger partial charge on any atom is -0.307 e. The Hall–Kier alpha value is -0.530. The lowest BCUT2D eigenvalue weighted by Gasteiger charge is -2.31. The molecule has 2 atom stereocenters. The van der Waals surface area contributed by atoms with Crippen LogP contribution in [0.3, 0.4) is 0 Å². The van der Waals surface area contributed by atoms with Crippen LogP contribution in [0.2, 0.25) is 5.02 Å². The van der Waals surface area contributed by atoms with E-state index in [1.807, 2.05) is 12.1 Å². The molecule has 0 amide bonds. The van der Waals surface area contributed by atoms with E-state index in [1.54, 1.807) is 0 Å². The summed E-state index contributed by atoms with van der Waals surface area (Å²) in [6, 6.07) is 9.19. The van der Waals surface area contributed by atoms with Crippen molar-refractivity contribution >= 4 is 11.6 Å².